The molecule has 0 radical (unpaired) electrons. The van der Waals surface area contributed by atoms with Crippen LogP contribution in [0.5, 0.6) is 0 Å². The highest BCUT2D eigenvalue weighted by Gasteiger charge is 2.09. The Morgan fingerprint density at radius 1 is 0.792 bits per heavy atom. The first-order chi connectivity index (χ1) is 11.6. The molecule has 0 bridgehead atoms. The van der Waals surface area contributed by atoms with Gasteiger partial charge in [-0.15, -0.1) is 0 Å². The smallest absolute Gasteiger partial charge is 0.303 e. The summed E-state index contributed by atoms with van der Waals surface area (Å²) in [6.07, 6.45) is 18.5. The van der Waals surface area contributed by atoms with E-state index in [4.69, 9.17) is 5.11 Å². The molecule has 3 heteroatoms. The van der Waals surface area contributed by atoms with Crippen LogP contribution in [0, 0.1) is 5.92 Å². The SMILES string of the molecule is CCCCCCCCCC(CCCCCCC(=O)O)CCN(C)C. The number of carboxylic acids is 1. The monoisotopic (exact) mass is 341 g/mol. The summed E-state index contributed by atoms with van der Waals surface area (Å²) in [4.78, 5) is 12.8. The quantitative estimate of drug-likeness (QED) is 0.305. The van der Waals surface area contributed by atoms with E-state index in [1.165, 1.54) is 83.6 Å². The summed E-state index contributed by atoms with van der Waals surface area (Å²) in [5, 5.41) is 8.66. The Bertz CT molecular complexity index is 279. The molecule has 0 aromatic carbocycles. The highest BCUT2D eigenvalue weighted by molar-refractivity contribution is 5.66. The zero-order chi connectivity index (χ0) is 18.0. The van der Waals surface area contributed by atoms with Gasteiger partial charge in [0.05, 0.1) is 0 Å². The van der Waals surface area contributed by atoms with Crippen molar-refractivity contribution in [2.24, 2.45) is 5.92 Å². The normalized spacial score (nSPS) is 12.7. The maximum Gasteiger partial charge on any atom is 0.303 e. The second-order valence-corrected chi connectivity index (χ2v) is 7.71. The van der Waals surface area contributed by atoms with E-state index in [2.05, 4.69) is 25.9 Å². The van der Waals surface area contributed by atoms with Gasteiger partial charge in [-0.25, -0.2) is 0 Å². The summed E-state index contributed by atoms with van der Waals surface area (Å²) in [6.45, 7) is 3.47. The second kappa shape index (κ2) is 17.3. The summed E-state index contributed by atoms with van der Waals surface area (Å²) in [7, 11) is 4.33. The molecular weight excluding hydrogens is 298 g/mol. The molecule has 1 atom stereocenters. The molecular formula is C21H43NO2. The minimum absolute atomic E-state index is 0.335. The molecule has 144 valence electrons. The van der Waals surface area contributed by atoms with Gasteiger partial charge in [-0.3, -0.25) is 4.79 Å². The van der Waals surface area contributed by atoms with E-state index in [-0.39, 0.29) is 0 Å². The van der Waals surface area contributed by atoms with Crippen molar-refractivity contribution in [3.8, 4) is 0 Å². The molecule has 3 nitrogen and oxygen atoms in total. The van der Waals surface area contributed by atoms with Crippen molar-refractivity contribution in [2.45, 2.75) is 103 Å². The van der Waals surface area contributed by atoms with Crippen molar-refractivity contribution in [1.29, 1.82) is 0 Å². The van der Waals surface area contributed by atoms with Gasteiger partial charge in [0.2, 0.25) is 0 Å². The van der Waals surface area contributed by atoms with Crippen LogP contribution in [0.3, 0.4) is 0 Å². The Morgan fingerprint density at radius 3 is 1.79 bits per heavy atom. The van der Waals surface area contributed by atoms with E-state index in [0.29, 0.717) is 6.42 Å². The fraction of sp³-hybridized carbons (Fsp3) is 0.952. The van der Waals surface area contributed by atoms with Gasteiger partial charge in [-0.1, -0.05) is 84.0 Å². The van der Waals surface area contributed by atoms with Crippen molar-refractivity contribution < 1.29 is 9.90 Å². The van der Waals surface area contributed by atoms with Gasteiger partial charge < -0.3 is 10.0 Å². The molecule has 1 unspecified atom stereocenters. The molecule has 0 aromatic rings. The Labute approximate surface area is 151 Å². The number of hydrogen-bond acceptors (Lipinski definition) is 2. The third-order valence-electron chi connectivity index (χ3n) is 4.95. The Hall–Kier alpha value is -0.570. The van der Waals surface area contributed by atoms with Crippen LogP contribution in [0.15, 0.2) is 0 Å². The number of carboxylic acid groups (broad SMARTS) is 1. The molecule has 0 rings (SSSR count). The van der Waals surface area contributed by atoms with E-state index >= 15 is 0 Å². The van der Waals surface area contributed by atoms with Gasteiger partial charge in [0.15, 0.2) is 0 Å². The van der Waals surface area contributed by atoms with E-state index in [9.17, 15) is 4.79 Å². The van der Waals surface area contributed by atoms with Crippen LogP contribution in [0.4, 0.5) is 0 Å². The molecule has 0 heterocycles. The average molecular weight is 342 g/mol. The van der Waals surface area contributed by atoms with Gasteiger partial charge in [-0.2, -0.15) is 0 Å². The van der Waals surface area contributed by atoms with Crippen LogP contribution in [0.1, 0.15) is 103 Å². The zero-order valence-corrected chi connectivity index (χ0v) is 16.7. The van der Waals surface area contributed by atoms with Crippen molar-refractivity contribution in [3.63, 3.8) is 0 Å². The first kappa shape index (κ1) is 23.4. The summed E-state index contributed by atoms with van der Waals surface area (Å²) in [5.74, 6) is 0.209. The van der Waals surface area contributed by atoms with E-state index in [1.807, 2.05) is 0 Å². The van der Waals surface area contributed by atoms with Gasteiger partial charge in [-0.05, 0) is 39.4 Å². The third kappa shape index (κ3) is 17.8. The number of unbranched alkanes of at least 4 members (excludes halogenated alkanes) is 9. The van der Waals surface area contributed by atoms with Crippen molar-refractivity contribution in [3.05, 3.63) is 0 Å². The summed E-state index contributed by atoms with van der Waals surface area (Å²) < 4.78 is 0. The predicted octanol–water partition coefficient (Wildman–Crippen LogP) is 6.12. The highest BCUT2D eigenvalue weighted by Crippen LogP contribution is 2.22. The van der Waals surface area contributed by atoms with Crippen LogP contribution in [0.25, 0.3) is 0 Å². The molecule has 0 amide bonds. The van der Waals surface area contributed by atoms with Gasteiger partial charge in [0.25, 0.3) is 0 Å². The summed E-state index contributed by atoms with van der Waals surface area (Å²) in [5.41, 5.74) is 0. The molecule has 0 spiro atoms. The lowest BCUT2D eigenvalue weighted by atomic mass is 9.91. The first-order valence-corrected chi connectivity index (χ1v) is 10.4. The molecule has 0 aromatic heterocycles. The van der Waals surface area contributed by atoms with Crippen LogP contribution in [-0.2, 0) is 4.79 Å². The maximum absolute atomic E-state index is 10.5. The minimum atomic E-state index is -0.655. The molecule has 0 fully saturated rings. The Kier molecular flexibility index (Phi) is 16.8. The second-order valence-electron chi connectivity index (χ2n) is 7.71. The fourth-order valence-electron chi connectivity index (χ4n) is 3.33. The summed E-state index contributed by atoms with van der Waals surface area (Å²) in [6, 6.07) is 0. The standard InChI is InChI=1S/C21H43NO2/c1-4-5-6-7-8-9-12-15-20(18-19-22(2)3)16-13-10-11-14-17-21(23)24/h20H,4-19H2,1-3H3,(H,23,24). The number of rotatable bonds is 18. The van der Waals surface area contributed by atoms with Crippen molar-refractivity contribution in [2.75, 3.05) is 20.6 Å². The predicted molar refractivity (Wildman–Crippen MR) is 105 cm³/mol. The fourth-order valence-corrected chi connectivity index (χ4v) is 3.33. The Balaban J connectivity index is 3.74. The molecule has 0 saturated carbocycles. The van der Waals surface area contributed by atoms with Crippen LogP contribution < -0.4 is 0 Å². The lowest BCUT2D eigenvalue weighted by molar-refractivity contribution is -0.137. The van der Waals surface area contributed by atoms with Crippen LogP contribution >= 0.6 is 0 Å². The van der Waals surface area contributed by atoms with Crippen LogP contribution in [0.2, 0.25) is 0 Å². The Morgan fingerprint density at radius 2 is 1.29 bits per heavy atom. The van der Waals surface area contributed by atoms with Gasteiger partial charge in [0, 0.05) is 6.42 Å². The maximum atomic E-state index is 10.5. The van der Waals surface area contributed by atoms with Gasteiger partial charge >= 0.3 is 5.97 Å². The van der Waals surface area contributed by atoms with E-state index < -0.39 is 5.97 Å². The summed E-state index contributed by atoms with van der Waals surface area (Å²) >= 11 is 0. The highest BCUT2D eigenvalue weighted by atomic mass is 16.4. The topological polar surface area (TPSA) is 40.5 Å². The number of carbonyl (C=O) groups is 1. The third-order valence-corrected chi connectivity index (χ3v) is 4.95. The average Bonchev–Trinajstić information content (AvgIpc) is 2.53. The van der Waals surface area contributed by atoms with Gasteiger partial charge in [0.1, 0.15) is 0 Å². The largest absolute Gasteiger partial charge is 0.481 e. The molecule has 0 saturated heterocycles. The van der Waals surface area contributed by atoms with E-state index in [0.717, 1.165) is 18.8 Å². The minimum Gasteiger partial charge on any atom is -0.481 e. The zero-order valence-electron chi connectivity index (χ0n) is 16.7. The number of aliphatic carboxylic acids is 1. The van der Waals surface area contributed by atoms with E-state index in [1.54, 1.807) is 0 Å². The first-order valence-electron chi connectivity index (χ1n) is 10.4. The van der Waals surface area contributed by atoms with Crippen molar-refractivity contribution in [1.82, 2.24) is 4.90 Å². The van der Waals surface area contributed by atoms with Crippen LogP contribution in [-0.4, -0.2) is 36.6 Å². The van der Waals surface area contributed by atoms with Crippen molar-refractivity contribution >= 4 is 5.97 Å². The lowest BCUT2D eigenvalue weighted by Gasteiger charge is -2.19. The number of hydrogen-bond donors (Lipinski definition) is 1. The molecule has 0 aliphatic carbocycles. The molecule has 1 N–H and O–H groups in total. The molecule has 0 aliphatic heterocycles. The lowest BCUT2D eigenvalue weighted by Crippen LogP contribution is -2.17. The molecule has 24 heavy (non-hydrogen) atoms. The molecule has 0 aliphatic rings. The number of nitrogens with zero attached hydrogens (tertiary/aromatic N) is 1.